The molecule has 1 heterocycles. The number of amides is 2. The first kappa shape index (κ1) is 14.9. The van der Waals surface area contributed by atoms with Gasteiger partial charge in [0.2, 0.25) is 11.8 Å². The molecule has 104 valence electrons. The van der Waals surface area contributed by atoms with Crippen LogP contribution in [0.4, 0.5) is 0 Å². The van der Waals surface area contributed by atoms with Gasteiger partial charge in [0.15, 0.2) is 0 Å². The van der Waals surface area contributed by atoms with Gasteiger partial charge in [0.25, 0.3) is 0 Å². The molecular formula is C12H22N2O4. The predicted molar refractivity (Wildman–Crippen MR) is 65.6 cm³/mol. The zero-order valence-electron chi connectivity index (χ0n) is 11.5. The first-order chi connectivity index (χ1) is 8.58. The molecular weight excluding hydrogens is 236 g/mol. The second-order valence-electron chi connectivity index (χ2n) is 4.24. The summed E-state index contributed by atoms with van der Waals surface area (Å²) in [4.78, 5) is 27.1. The molecule has 2 amide bonds. The largest absolute Gasteiger partial charge is 0.362 e. The highest BCUT2D eigenvalue weighted by Crippen LogP contribution is 2.15. The third kappa shape index (κ3) is 3.00. The van der Waals surface area contributed by atoms with Crippen LogP contribution < -0.4 is 0 Å². The smallest absolute Gasteiger partial charge is 0.244 e. The van der Waals surface area contributed by atoms with Crippen molar-refractivity contribution in [3.05, 3.63) is 0 Å². The fourth-order valence-corrected chi connectivity index (χ4v) is 2.20. The standard InChI is InChI=1S/C12H22N2O4/c1-5-11(17-3)13-7-10(16)14(8-9(13)15)12(6-2)18-4/h11-12H,5-8H2,1-4H3. The lowest BCUT2D eigenvalue weighted by Crippen LogP contribution is -2.59. The van der Waals surface area contributed by atoms with Crippen LogP contribution in [-0.4, -0.2) is 61.4 Å². The van der Waals surface area contributed by atoms with Crippen LogP contribution in [0.25, 0.3) is 0 Å². The van der Waals surface area contributed by atoms with E-state index < -0.39 is 0 Å². The van der Waals surface area contributed by atoms with Crippen LogP contribution in [0.3, 0.4) is 0 Å². The van der Waals surface area contributed by atoms with E-state index >= 15 is 0 Å². The number of rotatable bonds is 6. The Morgan fingerprint density at radius 1 is 0.944 bits per heavy atom. The Hall–Kier alpha value is -1.14. The molecule has 1 fully saturated rings. The van der Waals surface area contributed by atoms with Crippen molar-refractivity contribution in [1.29, 1.82) is 0 Å². The van der Waals surface area contributed by atoms with E-state index in [1.807, 2.05) is 13.8 Å². The predicted octanol–water partition coefficient (Wildman–Crippen LogP) is 0.422. The quantitative estimate of drug-likeness (QED) is 0.693. The summed E-state index contributed by atoms with van der Waals surface area (Å²) in [7, 11) is 3.09. The van der Waals surface area contributed by atoms with Gasteiger partial charge in [-0.2, -0.15) is 0 Å². The Morgan fingerprint density at radius 2 is 1.28 bits per heavy atom. The van der Waals surface area contributed by atoms with Crippen LogP contribution in [0.15, 0.2) is 0 Å². The van der Waals surface area contributed by atoms with Crippen LogP contribution in [0.1, 0.15) is 26.7 Å². The van der Waals surface area contributed by atoms with Crippen molar-refractivity contribution in [3.63, 3.8) is 0 Å². The number of methoxy groups -OCH3 is 2. The van der Waals surface area contributed by atoms with E-state index in [1.54, 1.807) is 14.2 Å². The number of hydrogen-bond acceptors (Lipinski definition) is 4. The Labute approximate surface area is 108 Å². The van der Waals surface area contributed by atoms with E-state index in [4.69, 9.17) is 9.47 Å². The van der Waals surface area contributed by atoms with Gasteiger partial charge in [-0.3, -0.25) is 9.59 Å². The maximum atomic E-state index is 12.0. The molecule has 0 aliphatic carbocycles. The van der Waals surface area contributed by atoms with Gasteiger partial charge in [-0.1, -0.05) is 13.8 Å². The molecule has 1 saturated heterocycles. The average Bonchev–Trinajstić information content (AvgIpc) is 2.37. The van der Waals surface area contributed by atoms with Gasteiger partial charge >= 0.3 is 0 Å². The minimum absolute atomic E-state index is 0.0606. The van der Waals surface area contributed by atoms with Crippen LogP contribution in [0.2, 0.25) is 0 Å². The summed E-state index contributed by atoms with van der Waals surface area (Å²) in [5.74, 6) is -0.197. The number of hydrogen-bond donors (Lipinski definition) is 0. The molecule has 1 rings (SSSR count). The van der Waals surface area contributed by atoms with Crippen molar-refractivity contribution < 1.29 is 19.1 Å². The molecule has 0 bridgehead atoms. The summed E-state index contributed by atoms with van der Waals surface area (Å²) in [6, 6.07) is 0. The van der Waals surface area contributed by atoms with Gasteiger partial charge in [0.05, 0.1) is 0 Å². The lowest BCUT2D eigenvalue weighted by Gasteiger charge is -2.40. The highest BCUT2D eigenvalue weighted by Gasteiger charge is 2.36. The van der Waals surface area contributed by atoms with Crippen LogP contribution >= 0.6 is 0 Å². The van der Waals surface area contributed by atoms with Crippen molar-refractivity contribution in [2.24, 2.45) is 0 Å². The SMILES string of the molecule is CCC(OC)N1CC(=O)N(C(CC)OC)CC1=O. The normalized spacial score (nSPS) is 20.2. The molecule has 0 radical (unpaired) electrons. The molecule has 0 spiro atoms. The molecule has 1 aliphatic heterocycles. The molecule has 2 atom stereocenters. The van der Waals surface area contributed by atoms with E-state index in [9.17, 15) is 9.59 Å². The average molecular weight is 258 g/mol. The maximum absolute atomic E-state index is 12.0. The summed E-state index contributed by atoms with van der Waals surface area (Å²) in [6.07, 6.45) is 0.672. The Morgan fingerprint density at radius 3 is 1.50 bits per heavy atom. The minimum atomic E-state index is -0.328. The summed E-state index contributed by atoms with van der Waals surface area (Å²) in [6.45, 7) is 3.96. The van der Waals surface area contributed by atoms with Gasteiger partial charge in [0, 0.05) is 14.2 Å². The van der Waals surface area contributed by atoms with Gasteiger partial charge in [0.1, 0.15) is 25.5 Å². The van der Waals surface area contributed by atoms with Gasteiger partial charge < -0.3 is 19.3 Å². The van der Waals surface area contributed by atoms with Gasteiger partial charge in [-0.15, -0.1) is 0 Å². The number of nitrogens with zero attached hydrogens (tertiary/aromatic N) is 2. The third-order valence-corrected chi connectivity index (χ3v) is 3.19. The molecule has 0 aromatic carbocycles. The number of piperazine rings is 1. The van der Waals surface area contributed by atoms with Crippen LogP contribution in [0.5, 0.6) is 0 Å². The highest BCUT2D eigenvalue weighted by molar-refractivity contribution is 5.92. The number of carbonyl (C=O) groups is 2. The molecule has 2 unspecified atom stereocenters. The lowest BCUT2D eigenvalue weighted by atomic mass is 10.2. The van der Waals surface area contributed by atoms with Crippen molar-refractivity contribution in [2.45, 2.75) is 39.1 Å². The lowest BCUT2D eigenvalue weighted by molar-refractivity contribution is -0.171. The molecule has 6 nitrogen and oxygen atoms in total. The Kier molecular flexibility index (Phi) is 5.55. The third-order valence-electron chi connectivity index (χ3n) is 3.19. The zero-order chi connectivity index (χ0) is 13.7. The maximum Gasteiger partial charge on any atom is 0.244 e. The fourth-order valence-electron chi connectivity index (χ4n) is 2.20. The summed E-state index contributed by atoms with van der Waals surface area (Å²) in [5.41, 5.74) is 0. The molecule has 0 N–H and O–H groups in total. The Bertz CT molecular complexity index is 270. The molecule has 18 heavy (non-hydrogen) atoms. The minimum Gasteiger partial charge on any atom is -0.362 e. The van der Waals surface area contributed by atoms with E-state index in [0.29, 0.717) is 12.8 Å². The molecule has 1 aliphatic rings. The van der Waals surface area contributed by atoms with Gasteiger partial charge in [-0.25, -0.2) is 0 Å². The molecule has 0 aromatic rings. The van der Waals surface area contributed by atoms with Crippen molar-refractivity contribution >= 4 is 11.8 Å². The second-order valence-corrected chi connectivity index (χ2v) is 4.24. The first-order valence-corrected chi connectivity index (χ1v) is 6.23. The van der Waals surface area contributed by atoms with E-state index in [0.717, 1.165) is 0 Å². The topological polar surface area (TPSA) is 59.1 Å². The van der Waals surface area contributed by atoms with Crippen LogP contribution in [0, 0.1) is 0 Å². The zero-order valence-corrected chi connectivity index (χ0v) is 11.5. The number of carbonyl (C=O) groups excluding carboxylic acids is 2. The second kappa shape index (κ2) is 6.70. The van der Waals surface area contributed by atoms with Crippen LogP contribution in [-0.2, 0) is 19.1 Å². The Balaban J connectivity index is 2.76. The molecule has 0 aromatic heterocycles. The van der Waals surface area contributed by atoms with Crippen molar-refractivity contribution in [3.8, 4) is 0 Å². The summed E-state index contributed by atoms with van der Waals surface area (Å²) in [5, 5.41) is 0. The first-order valence-electron chi connectivity index (χ1n) is 6.23. The van der Waals surface area contributed by atoms with Gasteiger partial charge in [-0.05, 0) is 12.8 Å². The summed E-state index contributed by atoms with van der Waals surface area (Å²) < 4.78 is 10.4. The van der Waals surface area contributed by atoms with E-state index in [2.05, 4.69) is 0 Å². The molecule has 6 heteroatoms. The van der Waals surface area contributed by atoms with E-state index in [-0.39, 0.29) is 37.4 Å². The van der Waals surface area contributed by atoms with Crippen molar-refractivity contribution in [2.75, 3.05) is 27.3 Å². The highest BCUT2D eigenvalue weighted by atomic mass is 16.5. The molecule has 0 saturated carbocycles. The number of ether oxygens (including phenoxy) is 2. The fraction of sp³-hybridized carbons (Fsp3) is 0.833. The monoisotopic (exact) mass is 258 g/mol. The van der Waals surface area contributed by atoms with Crippen molar-refractivity contribution in [1.82, 2.24) is 9.80 Å². The van der Waals surface area contributed by atoms with E-state index in [1.165, 1.54) is 9.80 Å². The summed E-state index contributed by atoms with van der Waals surface area (Å²) >= 11 is 0.